The van der Waals surface area contributed by atoms with Crippen LogP contribution in [0.25, 0.3) is 0 Å². The fraction of sp³-hybridized carbons (Fsp3) is 0.300. The van der Waals surface area contributed by atoms with Crippen molar-refractivity contribution in [2.75, 3.05) is 13.2 Å². The van der Waals surface area contributed by atoms with Crippen LogP contribution in [0.4, 0.5) is 13.2 Å². The number of benzene rings is 2. The van der Waals surface area contributed by atoms with Gasteiger partial charge < -0.3 is 30.9 Å². The molecule has 2 aromatic carbocycles. The van der Waals surface area contributed by atoms with Gasteiger partial charge in [-0.05, 0) is 41.4 Å². The molecule has 0 unspecified atom stereocenters. The summed E-state index contributed by atoms with van der Waals surface area (Å²) in [6.07, 6.45) is -4.95. The maximum Gasteiger partial charge on any atom is 0.573 e. The third-order valence-corrected chi connectivity index (χ3v) is 5.65. The molecule has 0 saturated carbocycles. The van der Waals surface area contributed by atoms with Gasteiger partial charge in [0.1, 0.15) is 29.0 Å². The number of guanidine groups is 1. The number of nitrogens with zero attached hydrogens (tertiary/aromatic N) is 1. The second kappa shape index (κ2) is 12.1. The summed E-state index contributed by atoms with van der Waals surface area (Å²) >= 11 is 0. The smallest absolute Gasteiger partial charge is 0.493 e. The van der Waals surface area contributed by atoms with E-state index in [0.29, 0.717) is 17.7 Å². The number of aliphatic carboxylic acids is 1. The Balaban J connectivity index is 2.03. The molecule has 0 radical (unpaired) electrons. The van der Waals surface area contributed by atoms with Crippen LogP contribution in [-0.2, 0) is 26.1 Å². The fourth-order valence-corrected chi connectivity index (χ4v) is 4.02. The van der Waals surface area contributed by atoms with E-state index in [9.17, 15) is 31.5 Å². The number of carboxylic acids is 1. The first-order valence-electron chi connectivity index (χ1n) is 9.90. The number of nitrogens with one attached hydrogen (secondary N) is 1. The van der Waals surface area contributed by atoms with E-state index >= 15 is 0 Å². The summed E-state index contributed by atoms with van der Waals surface area (Å²) < 4.78 is 74.3. The first kappa shape index (κ1) is 27.5. The van der Waals surface area contributed by atoms with E-state index < -0.39 is 39.0 Å². The zero-order valence-electron chi connectivity index (χ0n) is 18.1. The van der Waals surface area contributed by atoms with Crippen LogP contribution in [0.1, 0.15) is 12.0 Å². The van der Waals surface area contributed by atoms with Gasteiger partial charge in [0.2, 0.25) is 16.0 Å². The Bertz CT molecular complexity index is 1120. The standard InChI is InChI=1S/C20H23F3N4O7S/c21-20(22,23)34-16-4-1-2-5-17(16)35(30,31)27-15(18(28)29)12-13-6-8-14(9-7-13)32-10-3-11-33-26-19(24)25/h1-2,4-9,15,27H,3,10-12H2,(H,28,29)(H4,24,25,26)/t15-/m0/s1. The summed E-state index contributed by atoms with van der Waals surface area (Å²) in [5.74, 6) is -2.26. The van der Waals surface area contributed by atoms with Crippen LogP contribution in [0.5, 0.6) is 11.5 Å². The van der Waals surface area contributed by atoms with Gasteiger partial charge >= 0.3 is 12.3 Å². The fourth-order valence-electron chi connectivity index (χ4n) is 2.70. The molecule has 0 fully saturated rings. The molecule has 2 rings (SSSR count). The number of halogens is 3. The summed E-state index contributed by atoms with van der Waals surface area (Å²) in [4.78, 5) is 15.6. The number of rotatable bonds is 13. The van der Waals surface area contributed by atoms with Crippen LogP contribution in [0.15, 0.2) is 58.6 Å². The molecule has 35 heavy (non-hydrogen) atoms. The Morgan fingerprint density at radius 1 is 1.09 bits per heavy atom. The van der Waals surface area contributed by atoms with Crippen molar-refractivity contribution in [3.63, 3.8) is 0 Å². The van der Waals surface area contributed by atoms with Crippen molar-refractivity contribution in [2.45, 2.75) is 30.1 Å². The van der Waals surface area contributed by atoms with Crippen molar-refractivity contribution in [3.8, 4) is 11.5 Å². The van der Waals surface area contributed by atoms with Crippen molar-refractivity contribution in [2.24, 2.45) is 16.6 Å². The minimum atomic E-state index is -5.14. The van der Waals surface area contributed by atoms with Crippen molar-refractivity contribution in [1.29, 1.82) is 0 Å². The van der Waals surface area contributed by atoms with Gasteiger partial charge in [-0.2, -0.15) is 4.72 Å². The van der Waals surface area contributed by atoms with Gasteiger partial charge in [0.05, 0.1) is 6.61 Å². The molecule has 0 amide bonds. The molecule has 0 bridgehead atoms. The molecule has 0 aliphatic carbocycles. The number of carbonyl (C=O) groups is 1. The minimum Gasteiger partial charge on any atom is -0.493 e. The van der Waals surface area contributed by atoms with Gasteiger partial charge in [0, 0.05) is 6.42 Å². The molecule has 192 valence electrons. The van der Waals surface area contributed by atoms with E-state index in [1.807, 2.05) is 4.72 Å². The third-order valence-electron chi connectivity index (χ3n) is 4.14. The number of ether oxygens (including phenoxy) is 2. The lowest BCUT2D eigenvalue weighted by molar-refractivity contribution is -0.275. The normalized spacial score (nSPS) is 12.4. The molecule has 6 N–H and O–H groups in total. The lowest BCUT2D eigenvalue weighted by atomic mass is 10.1. The average Bonchev–Trinajstić information content (AvgIpc) is 2.75. The van der Waals surface area contributed by atoms with Crippen LogP contribution in [0.2, 0.25) is 0 Å². The first-order valence-corrected chi connectivity index (χ1v) is 11.4. The molecule has 0 aliphatic rings. The lowest BCUT2D eigenvalue weighted by Gasteiger charge is -2.17. The Kier molecular flexibility index (Phi) is 9.53. The highest BCUT2D eigenvalue weighted by molar-refractivity contribution is 7.89. The number of hydrogen-bond donors (Lipinski definition) is 4. The molecule has 1 atom stereocenters. The van der Waals surface area contributed by atoms with Crippen LogP contribution >= 0.6 is 0 Å². The zero-order chi connectivity index (χ0) is 26.1. The molecule has 15 heteroatoms. The third kappa shape index (κ3) is 9.58. The SMILES string of the molecule is NC(N)=NOCCCOc1ccc(C[C@H](NS(=O)(=O)c2ccccc2OC(F)(F)F)C(=O)O)cc1. The number of oxime groups is 1. The summed E-state index contributed by atoms with van der Waals surface area (Å²) in [6, 6.07) is 8.48. The Hall–Kier alpha value is -3.72. The Labute approximate surface area is 198 Å². The predicted octanol–water partition coefficient (Wildman–Crippen LogP) is 1.53. The van der Waals surface area contributed by atoms with Gasteiger partial charge in [-0.3, -0.25) is 4.79 Å². The maximum atomic E-state index is 12.7. The summed E-state index contributed by atoms with van der Waals surface area (Å²) in [7, 11) is -4.68. The van der Waals surface area contributed by atoms with Gasteiger partial charge in [0.25, 0.3) is 0 Å². The van der Waals surface area contributed by atoms with E-state index in [-0.39, 0.29) is 25.6 Å². The van der Waals surface area contributed by atoms with Crippen LogP contribution in [0.3, 0.4) is 0 Å². The number of carboxylic acid groups (broad SMARTS) is 1. The molecule has 0 aliphatic heterocycles. The summed E-state index contributed by atoms with van der Waals surface area (Å²) in [6.45, 7) is 0.490. The molecule has 11 nitrogen and oxygen atoms in total. The molecule has 0 spiro atoms. The zero-order valence-corrected chi connectivity index (χ0v) is 18.9. The molecule has 2 aromatic rings. The molecule has 0 saturated heterocycles. The van der Waals surface area contributed by atoms with Crippen LogP contribution < -0.4 is 25.7 Å². The Morgan fingerprint density at radius 3 is 2.34 bits per heavy atom. The van der Waals surface area contributed by atoms with Crippen LogP contribution in [0, 0.1) is 0 Å². The van der Waals surface area contributed by atoms with E-state index in [0.717, 1.165) is 18.2 Å². The van der Waals surface area contributed by atoms with Gasteiger partial charge in [-0.25, -0.2) is 8.42 Å². The summed E-state index contributed by atoms with van der Waals surface area (Å²) in [5.41, 5.74) is 10.6. The largest absolute Gasteiger partial charge is 0.573 e. The highest BCUT2D eigenvalue weighted by atomic mass is 32.2. The maximum absolute atomic E-state index is 12.7. The van der Waals surface area contributed by atoms with E-state index in [4.69, 9.17) is 21.0 Å². The van der Waals surface area contributed by atoms with Crippen molar-refractivity contribution in [1.82, 2.24) is 4.72 Å². The monoisotopic (exact) mass is 520 g/mol. The second-order valence-corrected chi connectivity index (χ2v) is 8.59. The highest BCUT2D eigenvalue weighted by Gasteiger charge is 2.35. The summed E-state index contributed by atoms with van der Waals surface area (Å²) in [5, 5.41) is 12.8. The molecule has 0 heterocycles. The van der Waals surface area contributed by atoms with Crippen molar-refractivity contribution < 1.29 is 45.8 Å². The lowest BCUT2D eigenvalue weighted by Crippen LogP contribution is -2.42. The van der Waals surface area contributed by atoms with Crippen molar-refractivity contribution >= 4 is 22.0 Å². The van der Waals surface area contributed by atoms with Gasteiger partial charge in [-0.15, -0.1) is 13.2 Å². The van der Waals surface area contributed by atoms with E-state index in [1.165, 1.54) is 18.2 Å². The topological polar surface area (TPSA) is 176 Å². The highest BCUT2D eigenvalue weighted by Crippen LogP contribution is 2.29. The first-order chi connectivity index (χ1) is 16.4. The molecule has 0 aromatic heterocycles. The number of nitrogens with two attached hydrogens (primary N) is 2. The van der Waals surface area contributed by atoms with Gasteiger partial charge in [0.15, 0.2) is 0 Å². The number of sulfonamides is 1. The minimum absolute atomic E-state index is 0.206. The van der Waals surface area contributed by atoms with Crippen LogP contribution in [-0.4, -0.2) is 51.1 Å². The second-order valence-electron chi connectivity index (χ2n) is 6.91. The number of alkyl halides is 3. The van der Waals surface area contributed by atoms with E-state index in [2.05, 4.69) is 9.89 Å². The number of para-hydroxylation sites is 1. The van der Waals surface area contributed by atoms with Gasteiger partial charge in [-0.1, -0.05) is 24.3 Å². The molecular formula is C20H23F3N4O7S. The average molecular weight is 520 g/mol. The Morgan fingerprint density at radius 2 is 1.74 bits per heavy atom. The van der Waals surface area contributed by atoms with Crippen molar-refractivity contribution in [3.05, 3.63) is 54.1 Å². The predicted molar refractivity (Wildman–Crippen MR) is 117 cm³/mol. The van der Waals surface area contributed by atoms with E-state index in [1.54, 1.807) is 12.1 Å². The number of hydrogen-bond acceptors (Lipinski definition) is 7. The molecular weight excluding hydrogens is 497 g/mol. The quantitative estimate of drug-likeness (QED) is 0.132.